The molecule has 27 heavy (non-hydrogen) atoms. The topological polar surface area (TPSA) is 93.0 Å². The maximum atomic E-state index is 12.6. The fraction of sp³-hybridized carbons (Fsp3) is 0.389. The van der Waals surface area contributed by atoms with E-state index >= 15 is 0 Å². The number of hydrogen-bond acceptors (Lipinski definition) is 7. The standard InChI is InChI=1S/C18H20N6O2S/c1-23-17(25)8-7-16(20-23)24-9-3-2-4-13(24)11-19-18(26)12-5-6-14-15(10-12)22-27-21-14/h5-8,10,13H,2-4,9,11H2,1H3,(H,19,26). The third kappa shape index (κ3) is 3.68. The van der Waals surface area contributed by atoms with Crippen LogP contribution >= 0.6 is 11.7 Å². The first-order valence-electron chi connectivity index (χ1n) is 8.93. The number of aryl methyl sites for hydroxylation is 1. The second-order valence-corrected chi connectivity index (χ2v) is 7.20. The van der Waals surface area contributed by atoms with Crippen LogP contribution in [0.5, 0.6) is 0 Å². The second kappa shape index (κ2) is 7.43. The first kappa shape index (κ1) is 17.6. The Morgan fingerprint density at radius 1 is 1.22 bits per heavy atom. The molecular formula is C18H20N6O2S. The summed E-state index contributed by atoms with van der Waals surface area (Å²) < 4.78 is 9.69. The van der Waals surface area contributed by atoms with Crippen molar-refractivity contribution >= 4 is 34.5 Å². The summed E-state index contributed by atoms with van der Waals surface area (Å²) in [7, 11) is 1.65. The van der Waals surface area contributed by atoms with E-state index in [2.05, 4.69) is 24.1 Å². The van der Waals surface area contributed by atoms with E-state index in [1.54, 1.807) is 25.2 Å². The van der Waals surface area contributed by atoms with Crippen LogP contribution in [0.3, 0.4) is 0 Å². The number of rotatable bonds is 4. The molecule has 1 aliphatic rings. The molecule has 0 bridgehead atoms. The predicted molar refractivity (Wildman–Crippen MR) is 104 cm³/mol. The number of fused-ring (bicyclic) bond motifs is 1. The number of aromatic nitrogens is 4. The molecule has 1 atom stereocenters. The molecule has 1 unspecified atom stereocenters. The molecule has 8 nitrogen and oxygen atoms in total. The minimum atomic E-state index is -0.132. The zero-order valence-corrected chi connectivity index (χ0v) is 15.8. The molecule has 3 heterocycles. The predicted octanol–water partition coefficient (Wildman–Crippen LogP) is 1.57. The quantitative estimate of drug-likeness (QED) is 0.734. The Morgan fingerprint density at radius 3 is 2.93 bits per heavy atom. The molecule has 0 aliphatic carbocycles. The lowest BCUT2D eigenvalue weighted by Gasteiger charge is -2.36. The Balaban J connectivity index is 1.47. The second-order valence-electron chi connectivity index (χ2n) is 6.67. The van der Waals surface area contributed by atoms with Crippen molar-refractivity contribution in [3.05, 3.63) is 46.2 Å². The number of hydrogen-bond donors (Lipinski definition) is 1. The minimum Gasteiger partial charge on any atom is -0.350 e. The van der Waals surface area contributed by atoms with E-state index in [0.717, 1.165) is 54.4 Å². The number of carbonyl (C=O) groups is 1. The average Bonchev–Trinajstić information content (AvgIpc) is 3.16. The van der Waals surface area contributed by atoms with Gasteiger partial charge in [-0.25, -0.2) is 4.68 Å². The summed E-state index contributed by atoms with van der Waals surface area (Å²) in [6, 6.07) is 8.79. The number of nitrogens with zero attached hydrogens (tertiary/aromatic N) is 5. The summed E-state index contributed by atoms with van der Waals surface area (Å²) in [6.07, 6.45) is 3.15. The molecule has 0 radical (unpaired) electrons. The molecule has 1 amide bonds. The Bertz CT molecular complexity index is 1030. The fourth-order valence-electron chi connectivity index (χ4n) is 3.39. The van der Waals surface area contributed by atoms with E-state index in [-0.39, 0.29) is 17.5 Å². The fourth-order valence-corrected chi connectivity index (χ4v) is 3.91. The SMILES string of the molecule is Cn1nc(N2CCCCC2CNC(=O)c2ccc3nsnc3c2)ccc1=O. The van der Waals surface area contributed by atoms with Gasteiger partial charge in [0.1, 0.15) is 16.9 Å². The smallest absolute Gasteiger partial charge is 0.266 e. The molecule has 1 saturated heterocycles. The van der Waals surface area contributed by atoms with Crippen molar-refractivity contribution in [2.75, 3.05) is 18.0 Å². The van der Waals surface area contributed by atoms with Gasteiger partial charge >= 0.3 is 0 Å². The van der Waals surface area contributed by atoms with Crippen LogP contribution in [0.4, 0.5) is 5.82 Å². The molecule has 3 aromatic rings. The summed E-state index contributed by atoms with van der Waals surface area (Å²) in [4.78, 5) is 26.3. The Labute approximate surface area is 160 Å². The molecule has 140 valence electrons. The molecule has 1 aromatic carbocycles. The molecule has 1 aliphatic heterocycles. The van der Waals surface area contributed by atoms with Crippen molar-refractivity contribution in [1.29, 1.82) is 0 Å². The van der Waals surface area contributed by atoms with Gasteiger partial charge in [-0.2, -0.15) is 13.8 Å². The van der Waals surface area contributed by atoms with E-state index in [4.69, 9.17) is 0 Å². The van der Waals surface area contributed by atoms with Crippen LogP contribution in [0.15, 0.2) is 35.1 Å². The first-order chi connectivity index (χ1) is 13.1. The lowest BCUT2D eigenvalue weighted by atomic mass is 10.0. The number of piperidine rings is 1. The van der Waals surface area contributed by atoms with E-state index in [1.807, 2.05) is 6.07 Å². The Kier molecular flexibility index (Phi) is 4.85. The van der Waals surface area contributed by atoms with Gasteiger partial charge in [0.2, 0.25) is 0 Å². The summed E-state index contributed by atoms with van der Waals surface area (Å²) in [5.41, 5.74) is 1.99. The maximum Gasteiger partial charge on any atom is 0.266 e. The van der Waals surface area contributed by atoms with E-state index < -0.39 is 0 Å². The number of carbonyl (C=O) groups excluding carboxylic acids is 1. The Morgan fingerprint density at radius 2 is 2.07 bits per heavy atom. The Hall–Kier alpha value is -2.81. The molecule has 1 fully saturated rings. The highest BCUT2D eigenvalue weighted by atomic mass is 32.1. The van der Waals surface area contributed by atoms with Crippen molar-refractivity contribution in [3.8, 4) is 0 Å². The van der Waals surface area contributed by atoms with Gasteiger partial charge in [0, 0.05) is 37.8 Å². The number of benzene rings is 1. The highest BCUT2D eigenvalue weighted by Gasteiger charge is 2.24. The van der Waals surface area contributed by atoms with Crippen molar-refractivity contribution in [2.45, 2.75) is 25.3 Å². The highest BCUT2D eigenvalue weighted by molar-refractivity contribution is 7.00. The van der Waals surface area contributed by atoms with Crippen molar-refractivity contribution in [1.82, 2.24) is 23.8 Å². The van der Waals surface area contributed by atoms with Gasteiger partial charge < -0.3 is 10.2 Å². The van der Waals surface area contributed by atoms with E-state index in [9.17, 15) is 9.59 Å². The molecule has 0 spiro atoms. The van der Waals surface area contributed by atoms with Gasteiger partial charge in [0.25, 0.3) is 11.5 Å². The normalized spacial score (nSPS) is 17.2. The molecule has 0 saturated carbocycles. The molecule has 2 aromatic heterocycles. The molecule has 4 rings (SSSR count). The zero-order valence-electron chi connectivity index (χ0n) is 15.0. The number of anilines is 1. The summed E-state index contributed by atoms with van der Waals surface area (Å²) in [5.74, 6) is 0.648. The van der Waals surface area contributed by atoms with Gasteiger partial charge in [-0.1, -0.05) is 0 Å². The summed E-state index contributed by atoms with van der Waals surface area (Å²) in [5, 5.41) is 7.39. The van der Waals surface area contributed by atoms with E-state index in [1.165, 1.54) is 10.7 Å². The van der Waals surface area contributed by atoms with Gasteiger partial charge in [0.05, 0.1) is 11.7 Å². The van der Waals surface area contributed by atoms with Crippen molar-refractivity contribution in [3.63, 3.8) is 0 Å². The van der Waals surface area contributed by atoms with Gasteiger partial charge in [-0.3, -0.25) is 9.59 Å². The zero-order chi connectivity index (χ0) is 18.8. The van der Waals surface area contributed by atoms with E-state index in [0.29, 0.717) is 12.1 Å². The summed E-state index contributed by atoms with van der Waals surface area (Å²) in [6.45, 7) is 1.39. The van der Waals surface area contributed by atoms with Crippen molar-refractivity contribution < 1.29 is 4.79 Å². The highest BCUT2D eigenvalue weighted by Crippen LogP contribution is 2.22. The van der Waals surface area contributed by atoms with Crippen molar-refractivity contribution in [2.24, 2.45) is 7.05 Å². The van der Waals surface area contributed by atoms with Crippen LogP contribution < -0.4 is 15.8 Å². The monoisotopic (exact) mass is 384 g/mol. The minimum absolute atomic E-state index is 0.121. The van der Waals surface area contributed by atoms with Crippen LogP contribution in [-0.2, 0) is 7.05 Å². The lowest BCUT2D eigenvalue weighted by Crippen LogP contribution is -2.47. The van der Waals surface area contributed by atoms with Gasteiger partial charge in [-0.05, 0) is 43.5 Å². The van der Waals surface area contributed by atoms with Crippen LogP contribution in [0.1, 0.15) is 29.6 Å². The largest absolute Gasteiger partial charge is 0.350 e. The molecule has 1 N–H and O–H groups in total. The number of nitrogens with one attached hydrogen (secondary N) is 1. The lowest BCUT2D eigenvalue weighted by molar-refractivity contribution is 0.0949. The van der Waals surface area contributed by atoms with Crippen LogP contribution in [0.25, 0.3) is 11.0 Å². The third-order valence-corrected chi connectivity index (χ3v) is 5.44. The van der Waals surface area contributed by atoms with Crippen LogP contribution in [0.2, 0.25) is 0 Å². The third-order valence-electron chi connectivity index (χ3n) is 4.88. The molecular weight excluding hydrogens is 364 g/mol. The maximum absolute atomic E-state index is 12.6. The number of amides is 1. The average molecular weight is 384 g/mol. The van der Waals surface area contributed by atoms with Gasteiger partial charge in [-0.15, -0.1) is 0 Å². The van der Waals surface area contributed by atoms with Crippen LogP contribution in [0, 0.1) is 0 Å². The first-order valence-corrected chi connectivity index (χ1v) is 9.66. The van der Waals surface area contributed by atoms with Gasteiger partial charge in [0.15, 0.2) is 0 Å². The molecule has 9 heteroatoms. The van der Waals surface area contributed by atoms with Crippen LogP contribution in [-0.4, -0.2) is 43.6 Å². The summed E-state index contributed by atoms with van der Waals surface area (Å²) >= 11 is 1.14.